The molecule has 2 aliphatic heterocycles. The molecule has 6 nitrogen and oxygen atoms in total. The highest BCUT2D eigenvalue weighted by molar-refractivity contribution is 5.87. The predicted molar refractivity (Wildman–Crippen MR) is 121 cm³/mol. The van der Waals surface area contributed by atoms with Crippen LogP contribution in [0.15, 0.2) is 60.7 Å². The topological polar surface area (TPSA) is 63.2 Å². The molecule has 4 atom stereocenters. The summed E-state index contributed by atoms with van der Waals surface area (Å²) >= 11 is 0. The van der Waals surface area contributed by atoms with Crippen LogP contribution in [0.5, 0.6) is 0 Å². The number of fused-ring (bicyclic) bond motifs is 1. The first kappa shape index (κ1) is 22.4. The number of ether oxygens (including phenoxy) is 3. The second-order valence-corrected chi connectivity index (χ2v) is 8.05. The molecular weight excluding hydrogens is 408 g/mol. The lowest BCUT2D eigenvalue weighted by Crippen LogP contribution is -2.34. The van der Waals surface area contributed by atoms with Crippen molar-refractivity contribution in [3.63, 3.8) is 0 Å². The van der Waals surface area contributed by atoms with Crippen LogP contribution >= 0.6 is 0 Å². The van der Waals surface area contributed by atoms with Crippen molar-refractivity contribution in [1.82, 2.24) is 0 Å². The number of benzene rings is 2. The van der Waals surface area contributed by atoms with E-state index in [-0.39, 0.29) is 24.9 Å². The molecule has 0 saturated carbocycles. The Morgan fingerprint density at radius 1 is 0.875 bits per heavy atom. The van der Waals surface area contributed by atoms with E-state index < -0.39 is 12.1 Å². The van der Waals surface area contributed by atoms with Gasteiger partial charge < -0.3 is 14.2 Å². The van der Waals surface area contributed by atoms with Crippen LogP contribution < -0.4 is 0 Å². The molecule has 0 aliphatic carbocycles. The van der Waals surface area contributed by atoms with Crippen LogP contribution in [0, 0.1) is 13.8 Å². The molecule has 0 bridgehead atoms. The maximum atomic E-state index is 12.2. The zero-order chi connectivity index (χ0) is 22.3. The monoisotopic (exact) mass is 436 g/mol. The standard InChI is InChI=1S/C26H28O6/c1-18-5-9-20(10-6-18)4-3-15-30-32-23-17-29-25-22(16-28-26(23)25)31-24(27)14-13-21-11-7-19(2)8-12-21/h3-14,22-23,25-26H,15-17H2,1-2H3/b4-3+,14-13+/t22?,23-,25-,26-/m0/s1. The average molecular weight is 437 g/mol. The van der Waals surface area contributed by atoms with E-state index in [0.717, 1.165) is 11.1 Å². The largest absolute Gasteiger partial charge is 0.454 e. The quantitative estimate of drug-likeness (QED) is 0.205. The normalized spacial score (nSPS) is 24.9. The Labute approximate surface area is 188 Å². The van der Waals surface area contributed by atoms with Gasteiger partial charge in [0.2, 0.25) is 0 Å². The third-order valence-corrected chi connectivity index (χ3v) is 5.46. The van der Waals surface area contributed by atoms with E-state index in [1.54, 1.807) is 6.08 Å². The highest BCUT2D eigenvalue weighted by Crippen LogP contribution is 2.30. The van der Waals surface area contributed by atoms with E-state index in [9.17, 15) is 4.79 Å². The van der Waals surface area contributed by atoms with Crippen molar-refractivity contribution in [2.45, 2.75) is 38.3 Å². The van der Waals surface area contributed by atoms with Crippen molar-refractivity contribution in [2.24, 2.45) is 0 Å². The molecule has 1 unspecified atom stereocenters. The molecule has 2 aromatic carbocycles. The summed E-state index contributed by atoms with van der Waals surface area (Å²) in [6, 6.07) is 16.1. The molecular formula is C26H28O6. The maximum Gasteiger partial charge on any atom is 0.331 e. The van der Waals surface area contributed by atoms with Crippen LogP contribution in [0.2, 0.25) is 0 Å². The van der Waals surface area contributed by atoms with Gasteiger partial charge in [0.1, 0.15) is 24.9 Å². The van der Waals surface area contributed by atoms with E-state index in [2.05, 4.69) is 19.1 Å². The number of esters is 1. The molecule has 0 N–H and O–H groups in total. The van der Waals surface area contributed by atoms with Crippen LogP contribution in [-0.4, -0.2) is 50.2 Å². The van der Waals surface area contributed by atoms with Crippen LogP contribution in [0.4, 0.5) is 0 Å². The molecule has 0 radical (unpaired) electrons. The third kappa shape index (κ3) is 5.93. The van der Waals surface area contributed by atoms with E-state index >= 15 is 0 Å². The average Bonchev–Trinajstić information content (AvgIpc) is 3.38. The lowest BCUT2D eigenvalue weighted by Gasteiger charge is -2.16. The minimum atomic E-state index is -0.467. The van der Waals surface area contributed by atoms with Gasteiger partial charge in [-0.3, -0.25) is 0 Å². The summed E-state index contributed by atoms with van der Waals surface area (Å²) in [5.74, 6) is -0.426. The summed E-state index contributed by atoms with van der Waals surface area (Å²) < 4.78 is 17.1. The van der Waals surface area contributed by atoms with Crippen molar-refractivity contribution >= 4 is 18.1 Å². The highest BCUT2D eigenvalue weighted by atomic mass is 17.2. The Morgan fingerprint density at radius 2 is 1.44 bits per heavy atom. The van der Waals surface area contributed by atoms with Gasteiger partial charge in [0.05, 0.1) is 13.2 Å². The number of carbonyl (C=O) groups is 1. The molecule has 168 valence electrons. The molecule has 2 aliphatic rings. The summed E-state index contributed by atoms with van der Waals surface area (Å²) in [6.07, 6.45) is 5.50. The van der Waals surface area contributed by atoms with Crippen LogP contribution in [0.1, 0.15) is 22.3 Å². The second kappa shape index (κ2) is 10.7. The van der Waals surface area contributed by atoms with Gasteiger partial charge in [-0.05, 0) is 31.1 Å². The number of aryl methyl sites for hydroxylation is 2. The smallest absolute Gasteiger partial charge is 0.331 e. The lowest BCUT2D eigenvalue weighted by atomic mass is 10.1. The van der Waals surface area contributed by atoms with Crippen LogP contribution in [-0.2, 0) is 28.8 Å². The van der Waals surface area contributed by atoms with E-state index in [1.807, 2.05) is 55.5 Å². The first-order valence-electron chi connectivity index (χ1n) is 10.8. The zero-order valence-electron chi connectivity index (χ0n) is 18.3. The number of carbonyl (C=O) groups excluding carboxylic acids is 1. The van der Waals surface area contributed by atoms with Gasteiger partial charge in [0.25, 0.3) is 0 Å². The molecule has 32 heavy (non-hydrogen) atoms. The molecule has 2 heterocycles. The molecule has 2 fully saturated rings. The lowest BCUT2D eigenvalue weighted by molar-refractivity contribution is -0.326. The minimum Gasteiger partial charge on any atom is -0.454 e. The number of hydrogen-bond donors (Lipinski definition) is 0. The van der Waals surface area contributed by atoms with Crippen molar-refractivity contribution in [3.05, 3.63) is 82.9 Å². The number of rotatable bonds is 8. The van der Waals surface area contributed by atoms with Gasteiger partial charge >= 0.3 is 5.97 Å². The Morgan fingerprint density at radius 3 is 2.09 bits per heavy atom. The van der Waals surface area contributed by atoms with Gasteiger partial charge in [-0.2, -0.15) is 0 Å². The van der Waals surface area contributed by atoms with Crippen molar-refractivity contribution in [1.29, 1.82) is 0 Å². The summed E-state index contributed by atoms with van der Waals surface area (Å²) in [4.78, 5) is 23.0. The maximum absolute atomic E-state index is 12.2. The Kier molecular flexibility index (Phi) is 7.50. The fourth-order valence-electron chi connectivity index (χ4n) is 3.67. The molecule has 0 spiro atoms. The van der Waals surface area contributed by atoms with Crippen molar-refractivity contribution in [2.75, 3.05) is 19.8 Å². The highest BCUT2D eigenvalue weighted by Gasteiger charge is 2.50. The third-order valence-electron chi connectivity index (χ3n) is 5.46. The molecule has 2 aromatic rings. The van der Waals surface area contributed by atoms with E-state index in [4.69, 9.17) is 24.0 Å². The Hall–Kier alpha value is -2.77. The SMILES string of the molecule is Cc1ccc(/C=C/COO[C@H]2CO[C@H]3C(OC(=O)/C=C/c4ccc(C)cc4)CO[C@@H]23)cc1. The fourth-order valence-corrected chi connectivity index (χ4v) is 3.67. The van der Waals surface area contributed by atoms with Gasteiger partial charge in [-0.1, -0.05) is 71.8 Å². The molecule has 0 amide bonds. The first-order chi connectivity index (χ1) is 15.6. The van der Waals surface area contributed by atoms with Crippen LogP contribution in [0.3, 0.4) is 0 Å². The summed E-state index contributed by atoms with van der Waals surface area (Å²) in [5.41, 5.74) is 4.43. The summed E-state index contributed by atoms with van der Waals surface area (Å²) in [5, 5.41) is 0. The molecule has 2 saturated heterocycles. The molecule has 0 aromatic heterocycles. The molecule has 4 rings (SSSR count). The summed E-state index contributed by atoms with van der Waals surface area (Å²) in [6.45, 7) is 4.98. The Bertz CT molecular complexity index is 947. The van der Waals surface area contributed by atoms with Gasteiger partial charge in [-0.15, -0.1) is 0 Å². The zero-order valence-corrected chi connectivity index (χ0v) is 18.3. The number of hydrogen-bond acceptors (Lipinski definition) is 6. The molecule has 6 heteroatoms. The fraction of sp³-hybridized carbons (Fsp3) is 0.346. The first-order valence-corrected chi connectivity index (χ1v) is 10.8. The van der Waals surface area contributed by atoms with Gasteiger partial charge in [-0.25, -0.2) is 14.6 Å². The van der Waals surface area contributed by atoms with Crippen molar-refractivity contribution < 1.29 is 28.8 Å². The summed E-state index contributed by atoms with van der Waals surface area (Å²) in [7, 11) is 0. The predicted octanol–water partition coefficient (Wildman–Crippen LogP) is 4.06. The second-order valence-electron chi connectivity index (χ2n) is 8.05. The van der Waals surface area contributed by atoms with Gasteiger partial charge in [0.15, 0.2) is 6.10 Å². The Balaban J connectivity index is 1.19. The van der Waals surface area contributed by atoms with E-state index in [1.165, 1.54) is 17.2 Å². The minimum absolute atomic E-state index is 0.270. The van der Waals surface area contributed by atoms with Gasteiger partial charge in [0, 0.05) is 6.08 Å². The van der Waals surface area contributed by atoms with E-state index in [0.29, 0.717) is 13.2 Å². The van der Waals surface area contributed by atoms with Crippen molar-refractivity contribution in [3.8, 4) is 0 Å². The van der Waals surface area contributed by atoms with Crippen LogP contribution in [0.25, 0.3) is 12.2 Å².